The highest BCUT2D eigenvalue weighted by atomic mass is 79.9. The molecule has 5 nitrogen and oxygen atoms in total. The van der Waals surface area contributed by atoms with Crippen LogP contribution in [-0.4, -0.2) is 25.3 Å². The maximum absolute atomic E-state index is 5.90. The minimum absolute atomic E-state index is 0.432. The van der Waals surface area contributed by atoms with Crippen LogP contribution in [-0.2, 0) is 16.1 Å². The number of aromatic nitrogens is 1. The fourth-order valence-corrected chi connectivity index (χ4v) is 2.43. The summed E-state index contributed by atoms with van der Waals surface area (Å²) in [7, 11) is 1.65. The van der Waals surface area contributed by atoms with Gasteiger partial charge >= 0.3 is 0 Å². The molecule has 1 aliphatic heterocycles. The Labute approximate surface area is 137 Å². The Kier molecular flexibility index (Phi) is 4.92. The summed E-state index contributed by atoms with van der Waals surface area (Å²) >= 11 is 3.41. The maximum Gasteiger partial charge on any atom is 0.204 e. The lowest BCUT2D eigenvalue weighted by Gasteiger charge is -2.15. The molecular formula is C16H16BrNO4. The van der Waals surface area contributed by atoms with Crippen LogP contribution in [0.3, 0.4) is 0 Å². The van der Waals surface area contributed by atoms with Crippen LogP contribution in [0.4, 0.5) is 0 Å². The SMILES string of the molecule is COc1ccc(COc2cc(Br)cnc2C2OCCO2)cc1. The van der Waals surface area contributed by atoms with Crippen LogP contribution in [0.2, 0.25) is 0 Å². The Bertz CT molecular complexity index is 627. The summed E-state index contributed by atoms with van der Waals surface area (Å²) in [5, 5.41) is 0. The summed E-state index contributed by atoms with van der Waals surface area (Å²) in [5.74, 6) is 1.47. The summed E-state index contributed by atoms with van der Waals surface area (Å²) in [5.41, 5.74) is 1.70. The van der Waals surface area contributed by atoms with Crippen molar-refractivity contribution in [2.24, 2.45) is 0 Å². The molecule has 1 aromatic heterocycles. The molecule has 2 aromatic rings. The second-order valence-corrected chi connectivity index (χ2v) is 5.66. The third-order valence-electron chi connectivity index (χ3n) is 3.25. The molecule has 22 heavy (non-hydrogen) atoms. The second kappa shape index (κ2) is 7.09. The lowest BCUT2D eigenvalue weighted by Crippen LogP contribution is -2.06. The summed E-state index contributed by atoms with van der Waals surface area (Å²) < 4.78 is 22.9. The van der Waals surface area contributed by atoms with E-state index in [1.165, 1.54) is 0 Å². The van der Waals surface area contributed by atoms with Crippen molar-refractivity contribution in [1.29, 1.82) is 0 Å². The fourth-order valence-electron chi connectivity index (χ4n) is 2.12. The molecule has 1 saturated heterocycles. The highest BCUT2D eigenvalue weighted by Crippen LogP contribution is 2.32. The largest absolute Gasteiger partial charge is 0.497 e. The molecule has 116 valence electrons. The zero-order chi connectivity index (χ0) is 15.4. The molecule has 0 N–H and O–H groups in total. The van der Waals surface area contributed by atoms with Gasteiger partial charge in [-0.2, -0.15) is 0 Å². The summed E-state index contributed by atoms with van der Waals surface area (Å²) in [4.78, 5) is 4.36. The van der Waals surface area contributed by atoms with Crippen LogP contribution in [0, 0.1) is 0 Å². The number of nitrogens with zero attached hydrogens (tertiary/aromatic N) is 1. The first kappa shape index (κ1) is 15.3. The quantitative estimate of drug-likeness (QED) is 0.811. The van der Waals surface area contributed by atoms with Crippen molar-refractivity contribution in [2.45, 2.75) is 12.9 Å². The molecule has 6 heteroatoms. The molecule has 0 atom stereocenters. The second-order valence-electron chi connectivity index (χ2n) is 4.75. The van der Waals surface area contributed by atoms with E-state index in [9.17, 15) is 0 Å². The van der Waals surface area contributed by atoms with E-state index in [4.69, 9.17) is 18.9 Å². The van der Waals surface area contributed by atoms with Crippen LogP contribution < -0.4 is 9.47 Å². The number of methoxy groups -OCH3 is 1. The van der Waals surface area contributed by atoms with Crippen LogP contribution in [0.1, 0.15) is 17.5 Å². The molecular weight excluding hydrogens is 350 g/mol. The molecule has 0 bridgehead atoms. The first-order chi connectivity index (χ1) is 10.8. The van der Waals surface area contributed by atoms with Gasteiger partial charge in [0.1, 0.15) is 23.8 Å². The normalized spacial score (nSPS) is 15.0. The third-order valence-corrected chi connectivity index (χ3v) is 3.68. The van der Waals surface area contributed by atoms with Crippen molar-refractivity contribution in [3.05, 3.63) is 52.3 Å². The predicted octanol–water partition coefficient (Wildman–Crippen LogP) is 3.48. The Morgan fingerprint density at radius 2 is 1.95 bits per heavy atom. The van der Waals surface area contributed by atoms with Crippen molar-refractivity contribution in [3.8, 4) is 11.5 Å². The van der Waals surface area contributed by atoms with E-state index in [2.05, 4.69) is 20.9 Å². The Morgan fingerprint density at radius 3 is 2.64 bits per heavy atom. The number of hydrogen-bond donors (Lipinski definition) is 0. The number of pyridine rings is 1. The van der Waals surface area contributed by atoms with E-state index < -0.39 is 6.29 Å². The number of rotatable bonds is 5. The number of ether oxygens (including phenoxy) is 4. The van der Waals surface area contributed by atoms with Crippen molar-refractivity contribution in [1.82, 2.24) is 4.98 Å². The number of benzene rings is 1. The average molecular weight is 366 g/mol. The van der Waals surface area contributed by atoms with E-state index in [1.807, 2.05) is 30.3 Å². The van der Waals surface area contributed by atoms with E-state index in [0.717, 1.165) is 15.8 Å². The van der Waals surface area contributed by atoms with Gasteiger partial charge in [-0.05, 0) is 39.7 Å². The number of hydrogen-bond acceptors (Lipinski definition) is 5. The monoisotopic (exact) mass is 365 g/mol. The van der Waals surface area contributed by atoms with Crippen molar-refractivity contribution in [3.63, 3.8) is 0 Å². The van der Waals surface area contributed by atoms with E-state index in [0.29, 0.717) is 31.3 Å². The smallest absolute Gasteiger partial charge is 0.204 e. The standard InChI is InChI=1S/C16H16BrNO4/c1-19-13-4-2-11(3-5-13)10-22-14-8-12(17)9-18-15(14)16-20-6-7-21-16/h2-5,8-9,16H,6-7,10H2,1H3. The van der Waals surface area contributed by atoms with Gasteiger partial charge in [-0.25, -0.2) is 0 Å². The predicted molar refractivity (Wildman–Crippen MR) is 83.9 cm³/mol. The molecule has 1 aromatic carbocycles. The maximum atomic E-state index is 5.90. The van der Waals surface area contributed by atoms with Gasteiger partial charge < -0.3 is 18.9 Å². The molecule has 0 aliphatic carbocycles. The van der Waals surface area contributed by atoms with E-state index in [1.54, 1.807) is 13.3 Å². The molecule has 1 fully saturated rings. The van der Waals surface area contributed by atoms with Gasteiger partial charge in [0.15, 0.2) is 0 Å². The van der Waals surface area contributed by atoms with Gasteiger partial charge in [0.2, 0.25) is 6.29 Å². The van der Waals surface area contributed by atoms with Crippen LogP contribution in [0.5, 0.6) is 11.5 Å². The molecule has 0 saturated carbocycles. The Hall–Kier alpha value is -1.63. The Morgan fingerprint density at radius 1 is 1.23 bits per heavy atom. The zero-order valence-electron chi connectivity index (χ0n) is 12.1. The van der Waals surface area contributed by atoms with Crippen LogP contribution >= 0.6 is 15.9 Å². The topological polar surface area (TPSA) is 49.8 Å². The minimum atomic E-state index is -0.459. The Balaban J connectivity index is 1.74. The summed E-state index contributed by atoms with van der Waals surface area (Å²) in [6.45, 7) is 1.57. The van der Waals surface area contributed by atoms with Crippen molar-refractivity contribution >= 4 is 15.9 Å². The highest BCUT2D eigenvalue weighted by Gasteiger charge is 2.24. The highest BCUT2D eigenvalue weighted by molar-refractivity contribution is 9.10. The lowest BCUT2D eigenvalue weighted by molar-refractivity contribution is -0.0491. The zero-order valence-corrected chi connectivity index (χ0v) is 13.7. The molecule has 0 radical (unpaired) electrons. The molecule has 0 unspecified atom stereocenters. The summed E-state index contributed by atoms with van der Waals surface area (Å²) in [6, 6.07) is 9.61. The molecule has 1 aliphatic rings. The van der Waals surface area contributed by atoms with E-state index in [-0.39, 0.29) is 0 Å². The third kappa shape index (κ3) is 3.58. The molecule has 2 heterocycles. The van der Waals surface area contributed by atoms with Crippen molar-refractivity contribution in [2.75, 3.05) is 20.3 Å². The minimum Gasteiger partial charge on any atom is -0.497 e. The fraction of sp³-hybridized carbons (Fsp3) is 0.312. The lowest BCUT2D eigenvalue weighted by atomic mass is 10.2. The van der Waals surface area contributed by atoms with Gasteiger partial charge in [-0.3, -0.25) is 4.98 Å². The summed E-state index contributed by atoms with van der Waals surface area (Å²) in [6.07, 6.45) is 1.25. The molecule has 0 spiro atoms. The van der Waals surface area contributed by atoms with Gasteiger partial charge in [0, 0.05) is 10.7 Å². The first-order valence-electron chi connectivity index (χ1n) is 6.90. The molecule has 3 rings (SSSR count). The van der Waals surface area contributed by atoms with Gasteiger partial charge in [0.05, 0.1) is 20.3 Å². The van der Waals surface area contributed by atoms with Crippen molar-refractivity contribution < 1.29 is 18.9 Å². The number of halogens is 1. The average Bonchev–Trinajstić information content (AvgIpc) is 3.08. The van der Waals surface area contributed by atoms with Gasteiger partial charge in [-0.15, -0.1) is 0 Å². The van der Waals surface area contributed by atoms with Crippen LogP contribution in [0.15, 0.2) is 41.0 Å². The molecule has 0 amide bonds. The van der Waals surface area contributed by atoms with Gasteiger partial charge in [-0.1, -0.05) is 12.1 Å². The van der Waals surface area contributed by atoms with Crippen LogP contribution in [0.25, 0.3) is 0 Å². The first-order valence-corrected chi connectivity index (χ1v) is 7.70. The van der Waals surface area contributed by atoms with Gasteiger partial charge in [0.25, 0.3) is 0 Å². The van der Waals surface area contributed by atoms with E-state index >= 15 is 0 Å².